The Balaban J connectivity index is 2.66. The fourth-order valence-corrected chi connectivity index (χ4v) is 1.40. The Labute approximate surface area is 112 Å². The molecule has 5 nitrogen and oxygen atoms in total. The number of nitrogen functional groups attached to an aromatic ring is 1. The number of aliphatic carboxylic acids is 1. The second-order valence-electron chi connectivity index (χ2n) is 5.19. The zero-order valence-electron chi connectivity index (χ0n) is 11.3. The molecule has 0 saturated carbocycles. The maximum atomic E-state index is 11.9. The number of benzene rings is 1. The van der Waals surface area contributed by atoms with Crippen LogP contribution in [0.1, 0.15) is 32.3 Å². The number of hydrogen-bond donors (Lipinski definition) is 2. The number of ether oxygens (including phenoxy) is 1. The molecule has 1 atom stereocenters. The Morgan fingerprint density at radius 1 is 1.42 bits per heavy atom. The minimum absolute atomic E-state index is 0.159. The maximum Gasteiger partial charge on any atom is 0.313 e. The van der Waals surface area contributed by atoms with Gasteiger partial charge in [-0.25, -0.2) is 0 Å². The number of nitrogens with two attached hydrogens (primary N) is 1. The molecule has 0 radical (unpaired) electrons. The summed E-state index contributed by atoms with van der Waals surface area (Å²) in [5.41, 5.74) is 5.88. The van der Waals surface area contributed by atoms with E-state index < -0.39 is 23.3 Å². The number of carboxylic acid groups (broad SMARTS) is 1. The molecule has 1 aromatic carbocycles. The Kier molecular flexibility index (Phi) is 4.53. The molecule has 0 heterocycles. The zero-order valence-corrected chi connectivity index (χ0v) is 11.3. The van der Waals surface area contributed by atoms with Crippen LogP contribution in [-0.2, 0) is 14.3 Å². The van der Waals surface area contributed by atoms with E-state index in [9.17, 15) is 9.59 Å². The molecule has 0 spiro atoms. The van der Waals surface area contributed by atoms with E-state index in [1.165, 1.54) is 13.8 Å². The molecular weight excluding hydrogens is 246 g/mol. The van der Waals surface area contributed by atoms with Gasteiger partial charge in [0, 0.05) is 5.69 Å². The van der Waals surface area contributed by atoms with Crippen LogP contribution in [0.3, 0.4) is 0 Å². The highest BCUT2D eigenvalue weighted by Gasteiger charge is 2.30. The van der Waals surface area contributed by atoms with Gasteiger partial charge in [-0.15, -0.1) is 0 Å². The van der Waals surface area contributed by atoms with Crippen LogP contribution in [0, 0.1) is 5.41 Å². The lowest BCUT2D eigenvalue weighted by Gasteiger charge is -2.20. The monoisotopic (exact) mass is 265 g/mol. The molecule has 1 rings (SSSR count). The summed E-state index contributed by atoms with van der Waals surface area (Å²) < 4.78 is 5.06. The predicted octanol–water partition coefficient (Wildman–Crippen LogP) is 2.03. The number of esters is 1. The fourth-order valence-electron chi connectivity index (χ4n) is 1.40. The summed E-state index contributed by atoms with van der Waals surface area (Å²) in [5, 5.41) is 8.94. The third-order valence-corrected chi connectivity index (χ3v) is 2.92. The molecular formula is C14H19NO4. The minimum atomic E-state index is -1.09. The molecule has 0 bridgehead atoms. The van der Waals surface area contributed by atoms with Crippen LogP contribution in [-0.4, -0.2) is 23.7 Å². The molecule has 3 N–H and O–H groups in total. The van der Waals surface area contributed by atoms with Gasteiger partial charge in [0.2, 0.25) is 0 Å². The van der Waals surface area contributed by atoms with Crippen molar-refractivity contribution in [1.29, 1.82) is 0 Å². The summed E-state index contributed by atoms with van der Waals surface area (Å²) in [6.07, 6.45) is 0. The third kappa shape index (κ3) is 3.98. The van der Waals surface area contributed by atoms with Crippen LogP contribution in [0.15, 0.2) is 24.3 Å². The van der Waals surface area contributed by atoms with Crippen LogP contribution in [0.5, 0.6) is 0 Å². The summed E-state index contributed by atoms with van der Waals surface area (Å²) in [6.45, 7) is 4.56. The highest BCUT2D eigenvalue weighted by atomic mass is 16.5. The lowest BCUT2D eigenvalue weighted by Crippen LogP contribution is -2.31. The molecule has 0 aliphatic rings. The highest BCUT2D eigenvalue weighted by Crippen LogP contribution is 2.21. The summed E-state index contributed by atoms with van der Waals surface area (Å²) in [7, 11) is 0. The summed E-state index contributed by atoms with van der Waals surface area (Å²) in [4.78, 5) is 22.8. The molecule has 0 aromatic heterocycles. The molecule has 1 unspecified atom stereocenters. The van der Waals surface area contributed by atoms with E-state index in [-0.39, 0.29) is 6.61 Å². The Bertz CT molecular complexity index is 482. The normalized spacial score (nSPS) is 12.8. The number of rotatable bonds is 5. The van der Waals surface area contributed by atoms with Crippen LogP contribution in [0.2, 0.25) is 0 Å². The van der Waals surface area contributed by atoms with E-state index in [1.54, 1.807) is 31.2 Å². The maximum absolute atomic E-state index is 11.9. The standard InChI is InChI=1S/C14H19NO4/c1-9(10-5-4-6-11(15)7-10)12(16)19-8-14(2,3)13(17)18/h4-7,9H,8,15H2,1-3H3,(H,17,18). The SMILES string of the molecule is CC(C(=O)OCC(C)(C)C(=O)O)c1cccc(N)c1. The van der Waals surface area contributed by atoms with Crippen molar-refractivity contribution in [3.8, 4) is 0 Å². The molecule has 19 heavy (non-hydrogen) atoms. The van der Waals surface area contributed by atoms with Crippen molar-refractivity contribution in [3.63, 3.8) is 0 Å². The lowest BCUT2D eigenvalue weighted by atomic mass is 9.95. The topological polar surface area (TPSA) is 89.6 Å². The molecule has 0 amide bonds. The van der Waals surface area contributed by atoms with Gasteiger partial charge in [0.15, 0.2) is 0 Å². The van der Waals surface area contributed by atoms with Gasteiger partial charge >= 0.3 is 11.9 Å². The number of anilines is 1. The first kappa shape index (κ1) is 15.0. The third-order valence-electron chi connectivity index (χ3n) is 2.92. The number of hydrogen-bond acceptors (Lipinski definition) is 4. The van der Waals surface area contributed by atoms with E-state index in [0.29, 0.717) is 5.69 Å². The molecule has 0 fully saturated rings. The van der Waals surface area contributed by atoms with Crippen molar-refractivity contribution in [2.45, 2.75) is 26.7 Å². The highest BCUT2D eigenvalue weighted by molar-refractivity contribution is 5.79. The van der Waals surface area contributed by atoms with E-state index >= 15 is 0 Å². The predicted molar refractivity (Wildman–Crippen MR) is 71.6 cm³/mol. The first-order valence-corrected chi connectivity index (χ1v) is 5.99. The fraction of sp³-hybridized carbons (Fsp3) is 0.429. The molecule has 104 valence electrons. The van der Waals surface area contributed by atoms with Crippen LogP contribution >= 0.6 is 0 Å². The van der Waals surface area contributed by atoms with Gasteiger partial charge in [0.25, 0.3) is 0 Å². The van der Waals surface area contributed by atoms with Crippen molar-refractivity contribution in [2.24, 2.45) is 5.41 Å². The largest absolute Gasteiger partial charge is 0.481 e. The molecule has 5 heteroatoms. The molecule has 1 aromatic rings. The summed E-state index contributed by atoms with van der Waals surface area (Å²) in [5.74, 6) is -1.94. The Morgan fingerprint density at radius 3 is 2.58 bits per heavy atom. The van der Waals surface area contributed by atoms with E-state index in [0.717, 1.165) is 5.56 Å². The summed E-state index contributed by atoms with van der Waals surface area (Å²) in [6, 6.07) is 6.98. The number of carbonyl (C=O) groups is 2. The van der Waals surface area contributed by atoms with Gasteiger partial charge in [0.1, 0.15) is 6.61 Å². The van der Waals surface area contributed by atoms with Gasteiger partial charge in [-0.3, -0.25) is 9.59 Å². The minimum Gasteiger partial charge on any atom is -0.481 e. The van der Waals surface area contributed by atoms with Gasteiger partial charge in [-0.05, 0) is 38.5 Å². The Hall–Kier alpha value is -2.04. The van der Waals surface area contributed by atoms with Crippen molar-refractivity contribution in [3.05, 3.63) is 29.8 Å². The molecule has 0 saturated heterocycles. The van der Waals surface area contributed by atoms with Gasteiger partial charge in [-0.1, -0.05) is 12.1 Å². The molecule has 0 aliphatic heterocycles. The lowest BCUT2D eigenvalue weighted by molar-refractivity contribution is -0.157. The van der Waals surface area contributed by atoms with E-state index in [1.807, 2.05) is 0 Å². The van der Waals surface area contributed by atoms with Crippen molar-refractivity contribution in [2.75, 3.05) is 12.3 Å². The van der Waals surface area contributed by atoms with Gasteiger partial charge < -0.3 is 15.6 Å². The van der Waals surface area contributed by atoms with Crippen molar-refractivity contribution >= 4 is 17.6 Å². The average molecular weight is 265 g/mol. The van der Waals surface area contributed by atoms with Gasteiger partial charge in [-0.2, -0.15) is 0 Å². The average Bonchev–Trinajstić information content (AvgIpc) is 2.35. The molecule has 0 aliphatic carbocycles. The zero-order chi connectivity index (χ0) is 14.6. The number of carbonyl (C=O) groups excluding carboxylic acids is 1. The van der Waals surface area contributed by atoms with Crippen molar-refractivity contribution < 1.29 is 19.4 Å². The van der Waals surface area contributed by atoms with E-state index in [4.69, 9.17) is 15.6 Å². The van der Waals surface area contributed by atoms with Gasteiger partial charge in [0.05, 0.1) is 11.3 Å². The number of carboxylic acids is 1. The summed E-state index contributed by atoms with van der Waals surface area (Å²) >= 11 is 0. The second kappa shape index (κ2) is 5.73. The quantitative estimate of drug-likeness (QED) is 0.628. The second-order valence-corrected chi connectivity index (χ2v) is 5.19. The first-order chi connectivity index (χ1) is 8.74. The van der Waals surface area contributed by atoms with Crippen LogP contribution in [0.4, 0.5) is 5.69 Å². The first-order valence-electron chi connectivity index (χ1n) is 5.99. The Morgan fingerprint density at radius 2 is 2.05 bits per heavy atom. The van der Waals surface area contributed by atoms with Crippen molar-refractivity contribution in [1.82, 2.24) is 0 Å². The smallest absolute Gasteiger partial charge is 0.313 e. The van der Waals surface area contributed by atoms with E-state index in [2.05, 4.69) is 0 Å². The van der Waals surface area contributed by atoms with Crippen LogP contribution < -0.4 is 5.73 Å². The van der Waals surface area contributed by atoms with Crippen LogP contribution in [0.25, 0.3) is 0 Å².